The molecule has 2 aromatic heterocycles. The number of amides is 1. The number of aromatic nitrogens is 1. The number of rotatable bonds is 5. The van der Waals surface area contributed by atoms with Crippen molar-refractivity contribution in [2.24, 2.45) is 0 Å². The normalized spacial score (nSPS) is 15.2. The number of carbonyl (C=O) groups is 1. The Balaban J connectivity index is 1.73. The lowest BCUT2D eigenvalue weighted by Gasteiger charge is -2.24. The summed E-state index contributed by atoms with van der Waals surface area (Å²) in [4.78, 5) is 33.2. The number of ether oxygens (including phenoxy) is 1. The van der Waals surface area contributed by atoms with Gasteiger partial charge in [-0.15, -0.1) is 0 Å². The van der Waals surface area contributed by atoms with Crippen LogP contribution in [0.25, 0.3) is 11.0 Å². The minimum Gasteiger partial charge on any atom is -0.494 e. The summed E-state index contributed by atoms with van der Waals surface area (Å²) in [5.41, 5.74) is 1.82. The first-order valence-corrected chi connectivity index (χ1v) is 11.1. The van der Waals surface area contributed by atoms with Gasteiger partial charge in [-0.3, -0.25) is 14.5 Å². The van der Waals surface area contributed by atoms with Crippen molar-refractivity contribution in [1.82, 2.24) is 4.98 Å². The molecular formula is C26H21ClN2O4. The van der Waals surface area contributed by atoms with Crippen LogP contribution in [0.15, 0.2) is 69.9 Å². The second-order valence-electron chi connectivity index (χ2n) is 7.95. The minimum atomic E-state index is -0.693. The van der Waals surface area contributed by atoms with Crippen molar-refractivity contribution in [3.63, 3.8) is 0 Å². The van der Waals surface area contributed by atoms with E-state index < -0.39 is 11.9 Å². The van der Waals surface area contributed by atoms with E-state index in [0.29, 0.717) is 28.4 Å². The molecule has 0 spiro atoms. The van der Waals surface area contributed by atoms with E-state index >= 15 is 0 Å². The zero-order chi connectivity index (χ0) is 23.1. The number of halogens is 1. The van der Waals surface area contributed by atoms with Crippen LogP contribution in [0.5, 0.6) is 5.75 Å². The number of benzene rings is 2. The Bertz CT molecular complexity index is 1430. The fourth-order valence-electron chi connectivity index (χ4n) is 4.13. The van der Waals surface area contributed by atoms with Gasteiger partial charge in [-0.05, 0) is 61.4 Å². The number of pyridine rings is 1. The van der Waals surface area contributed by atoms with E-state index in [9.17, 15) is 9.59 Å². The summed E-state index contributed by atoms with van der Waals surface area (Å²) in [7, 11) is 0. The number of nitrogens with zero attached hydrogens (tertiary/aromatic N) is 2. The first kappa shape index (κ1) is 21.2. The third kappa shape index (κ3) is 3.66. The highest BCUT2D eigenvalue weighted by atomic mass is 35.5. The van der Waals surface area contributed by atoms with E-state index in [-0.39, 0.29) is 16.8 Å². The molecule has 0 aliphatic carbocycles. The van der Waals surface area contributed by atoms with Gasteiger partial charge >= 0.3 is 0 Å². The van der Waals surface area contributed by atoms with Crippen molar-refractivity contribution < 1.29 is 13.9 Å². The summed E-state index contributed by atoms with van der Waals surface area (Å²) in [5.74, 6) is 0.787. The van der Waals surface area contributed by atoms with Gasteiger partial charge in [-0.1, -0.05) is 36.7 Å². The van der Waals surface area contributed by atoms with Gasteiger partial charge in [0.15, 0.2) is 5.43 Å². The highest BCUT2D eigenvalue weighted by Gasteiger charge is 2.44. The molecule has 1 atom stereocenters. The van der Waals surface area contributed by atoms with Crippen LogP contribution in [0, 0.1) is 6.92 Å². The Morgan fingerprint density at radius 1 is 1.09 bits per heavy atom. The maximum Gasteiger partial charge on any atom is 0.296 e. The van der Waals surface area contributed by atoms with Gasteiger partial charge in [0.25, 0.3) is 5.91 Å². The molecule has 1 aliphatic rings. The van der Waals surface area contributed by atoms with Crippen LogP contribution in [0.4, 0.5) is 5.82 Å². The Labute approximate surface area is 195 Å². The molecule has 7 heteroatoms. The maximum absolute atomic E-state index is 13.6. The third-order valence-electron chi connectivity index (χ3n) is 5.62. The summed E-state index contributed by atoms with van der Waals surface area (Å²) in [6, 6.07) is 17.0. The quantitative estimate of drug-likeness (QED) is 0.382. The second kappa shape index (κ2) is 8.37. The number of anilines is 1. The molecule has 33 heavy (non-hydrogen) atoms. The molecule has 1 aliphatic heterocycles. The van der Waals surface area contributed by atoms with Gasteiger partial charge in [0.05, 0.1) is 23.6 Å². The summed E-state index contributed by atoms with van der Waals surface area (Å²) in [6.07, 6.45) is 0.899. The molecule has 1 amide bonds. The van der Waals surface area contributed by atoms with Gasteiger partial charge in [0.2, 0.25) is 5.76 Å². The van der Waals surface area contributed by atoms with Crippen molar-refractivity contribution >= 4 is 34.3 Å². The average Bonchev–Trinajstić information content (AvgIpc) is 3.11. The molecule has 5 rings (SSSR count). The Morgan fingerprint density at radius 3 is 2.61 bits per heavy atom. The molecule has 166 valence electrons. The largest absolute Gasteiger partial charge is 0.494 e. The topological polar surface area (TPSA) is 72.6 Å². The molecule has 4 aromatic rings. The van der Waals surface area contributed by atoms with Gasteiger partial charge < -0.3 is 9.15 Å². The molecule has 6 nitrogen and oxygen atoms in total. The molecule has 0 radical (unpaired) electrons. The van der Waals surface area contributed by atoms with Crippen LogP contribution in [-0.2, 0) is 0 Å². The highest BCUT2D eigenvalue weighted by molar-refractivity contribution is 6.31. The van der Waals surface area contributed by atoms with Crippen LogP contribution in [0.2, 0.25) is 5.02 Å². The van der Waals surface area contributed by atoms with Crippen molar-refractivity contribution in [1.29, 1.82) is 0 Å². The SMILES string of the molecule is CCCOc1ccc(C2c3c(oc4ccc(Cl)cc4c3=O)C(=O)N2c2cccc(C)n2)cc1. The summed E-state index contributed by atoms with van der Waals surface area (Å²) >= 11 is 6.14. The molecule has 2 aromatic carbocycles. The van der Waals surface area contributed by atoms with Crippen LogP contribution in [-0.4, -0.2) is 17.5 Å². The first-order valence-electron chi connectivity index (χ1n) is 10.7. The molecular weight excluding hydrogens is 440 g/mol. The van der Waals surface area contributed by atoms with E-state index in [1.807, 2.05) is 50.2 Å². The van der Waals surface area contributed by atoms with E-state index in [1.54, 1.807) is 24.3 Å². The lowest BCUT2D eigenvalue weighted by atomic mass is 9.98. The molecule has 0 bridgehead atoms. The lowest BCUT2D eigenvalue weighted by molar-refractivity contribution is 0.0970. The Kier molecular flexibility index (Phi) is 5.38. The fraction of sp³-hybridized carbons (Fsp3) is 0.192. The van der Waals surface area contributed by atoms with Crippen molar-refractivity contribution in [2.75, 3.05) is 11.5 Å². The third-order valence-corrected chi connectivity index (χ3v) is 5.86. The Hall–Kier alpha value is -3.64. The zero-order valence-corrected chi connectivity index (χ0v) is 18.9. The second-order valence-corrected chi connectivity index (χ2v) is 8.38. The number of carbonyl (C=O) groups excluding carboxylic acids is 1. The van der Waals surface area contributed by atoms with Crippen LogP contribution >= 0.6 is 11.6 Å². The number of aryl methyl sites for hydroxylation is 1. The minimum absolute atomic E-state index is 0.0226. The highest BCUT2D eigenvalue weighted by Crippen LogP contribution is 2.41. The van der Waals surface area contributed by atoms with Crippen LogP contribution in [0.3, 0.4) is 0 Å². The molecule has 0 saturated carbocycles. The van der Waals surface area contributed by atoms with Crippen molar-refractivity contribution in [3.05, 3.63) is 98.5 Å². The zero-order valence-electron chi connectivity index (χ0n) is 18.2. The van der Waals surface area contributed by atoms with Crippen LogP contribution < -0.4 is 15.1 Å². The van der Waals surface area contributed by atoms with E-state index in [2.05, 4.69) is 4.98 Å². The molecule has 0 fully saturated rings. The summed E-state index contributed by atoms with van der Waals surface area (Å²) in [5, 5.41) is 0.756. The molecule has 0 saturated heterocycles. The number of hydrogen-bond acceptors (Lipinski definition) is 5. The van der Waals surface area contributed by atoms with E-state index in [0.717, 1.165) is 23.4 Å². The predicted molar refractivity (Wildman–Crippen MR) is 127 cm³/mol. The number of fused-ring (bicyclic) bond motifs is 2. The standard InChI is InChI=1S/C26H21ClN2O4/c1-3-13-32-18-10-7-16(8-11-18)23-22-24(30)19-14-17(27)9-12-20(19)33-25(22)26(31)29(23)21-6-4-5-15(2)28-21/h4-12,14,23H,3,13H2,1-2H3. The Morgan fingerprint density at radius 2 is 1.88 bits per heavy atom. The summed E-state index contributed by atoms with van der Waals surface area (Å²) < 4.78 is 11.7. The predicted octanol–water partition coefficient (Wildman–Crippen LogP) is 5.69. The van der Waals surface area contributed by atoms with E-state index in [1.165, 1.54) is 4.90 Å². The lowest BCUT2D eigenvalue weighted by Crippen LogP contribution is -2.30. The van der Waals surface area contributed by atoms with Crippen molar-refractivity contribution in [3.8, 4) is 5.75 Å². The van der Waals surface area contributed by atoms with Crippen LogP contribution in [0.1, 0.15) is 46.8 Å². The van der Waals surface area contributed by atoms with Gasteiger partial charge in [-0.25, -0.2) is 4.98 Å². The van der Waals surface area contributed by atoms with Crippen molar-refractivity contribution in [2.45, 2.75) is 26.3 Å². The van der Waals surface area contributed by atoms with Gasteiger partial charge in [0.1, 0.15) is 17.2 Å². The van der Waals surface area contributed by atoms with E-state index in [4.69, 9.17) is 20.8 Å². The maximum atomic E-state index is 13.6. The fourth-order valence-corrected chi connectivity index (χ4v) is 4.30. The molecule has 0 N–H and O–H groups in total. The number of hydrogen-bond donors (Lipinski definition) is 0. The summed E-state index contributed by atoms with van der Waals surface area (Å²) in [6.45, 7) is 4.50. The average molecular weight is 461 g/mol. The van der Waals surface area contributed by atoms with Gasteiger partial charge in [-0.2, -0.15) is 0 Å². The first-order chi connectivity index (χ1) is 16.0. The molecule has 3 heterocycles. The molecule has 1 unspecified atom stereocenters. The van der Waals surface area contributed by atoms with Gasteiger partial charge in [0, 0.05) is 10.7 Å². The smallest absolute Gasteiger partial charge is 0.296 e. The monoisotopic (exact) mass is 460 g/mol.